The standard InChI is InChI=1S/C16H26N2OS/c1-17-10-15(11-19-2)16(13-17)4-6-18(7-5-16)9-14-3-8-20-12-14/h3,8,12,15H,4-7,9-11,13H2,1-2H3. The topological polar surface area (TPSA) is 15.7 Å². The zero-order chi connectivity index (χ0) is 14.0. The van der Waals surface area contributed by atoms with Crippen molar-refractivity contribution in [3.05, 3.63) is 22.4 Å². The van der Waals surface area contributed by atoms with E-state index in [4.69, 9.17) is 4.74 Å². The first-order chi connectivity index (χ1) is 9.72. The summed E-state index contributed by atoms with van der Waals surface area (Å²) in [5.41, 5.74) is 1.98. The molecule has 3 nitrogen and oxygen atoms in total. The van der Waals surface area contributed by atoms with Gasteiger partial charge in [-0.3, -0.25) is 4.90 Å². The monoisotopic (exact) mass is 294 g/mol. The summed E-state index contributed by atoms with van der Waals surface area (Å²) < 4.78 is 5.47. The molecule has 1 aromatic rings. The molecule has 4 heteroatoms. The van der Waals surface area contributed by atoms with Crippen molar-refractivity contribution in [2.24, 2.45) is 11.3 Å². The number of rotatable bonds is 4. The van der Waals surface area contributed by atoms with Gasteiger partial charge in [0.1, 0.15) is 0 Å². The zero-order valence-electron chi connectivity index (χ0n) is 12.7. The van der Waals surface area contributed by atoms with Gasteiger partial charge < -0.3 is 9.64 Å². The molecule has 1 atom stereocenters. The molecular weight excluding hydrogens is 268 g/mol. The molecule has 2 fully saturated rings. The summed E-state index contributed by atoms with van der Waals surface area (Å²) in [6.07, 6.45) is 2.66. The van der Waals surface area contributed by atoms with Gasteiger partial charge >= 0.3 is 0 Å². The number of likely N-dealkylation sites (tertiary alicyclic amines) is 2. The lowest BCUT2D eigenvalue weighted by atomic mass is 9.71. The van der Waals surface area contributed by atoms with Crippen LogP contribution < -0.4 is 0 Å². The summed E-state index contributed by atoms with van der Waals surface area (Å²) in [5.74, 6) is 0.723. The number of ether oxygens (including phenoxy) is 1. The maximum atomic E-state index is 5.47. The van der Waals surface area contributed by atoms with Crippen molar-refractivity contribution in [1.29, 1.82) is 0 Å². The SMILES string of the molecule is COCC1CN(C)CC12CCN(Cc1ccsc1)CC2. The molecular formula is C16H26N2OS. The molecule has 0 aliphatic carbocycles. The number of hydrogen-bond donors (Lipinski definition) is 0. The van der Waals surface area contributed by atoms with Crippen LogP contribution in [0.3, 0.4) is 0 Å². The number of thiophene rings is 1. The van der Waals surface area contributed by atoms with Crippen LogP contribution in [0.4, 0.5) is 0 Å². The van der Waals surface area contributed by atoms with Crippen LogP contribution in [0.15, 0.2) is 16.8 Å². The second kappa shape index (κ2) is 6.14. The summed E-state index contributed by atoms with van der Waals surface area (Å²) in [4.78, 5) is 5.12. The molecule has 0 aromatic carbocycles. The van der Waals surface area contributed by atoms with E-state index in [1.54, 1.807) is 11.3 Å². The Balaban J connectivity index is 1.59. The first kappa shape index (κ1) is 14.5. The molecule has 0 bridgehead atoms. The summed E-state index contributed by atoms with van der Waals surface area (Å²) in [5, 5.41) is 4.46. The Hall–Kier alpha value is -0.420. The van der Waals surface area contributed by atoms with Gasteiger partial charge in [0.05, 0.1) is 6.61 Å². The van der Waals surface area contributed by atoms with Crippen molar-refractivity contribution < 1.29 is 4.74 Å². The Kier molecular flexibility index (Phi) is 4.46. The lowest BCUT2D eigenvalue weighted by Gasteiger charge is -2.42. The lowest BCUT2D eigenvalue weighted by molar-refractivity contribution is 0.0354. The average Bonchev–Trinajstić information content (AvgIpc) is 3.03. The van der Waals surface area contributed by atoms with Crippen LogP contribution in [-0.2, 0) is 11.3 Å². The van der Waals surface area contributed by atoms with E-state index in [2.05, 4.69) is 33.7 Å². The van der Waals surface area contributed by atoms with Crippen molar-refractivity contribution in [3.8, 4) is 0 Å². The largest absolute Gasteiger partial charge is 0.384 e. The highest BCUT2D eigenvalue weighted by Gasteiger charge is 2.46. The van der Waals surface area contributed by atoms with Gasteiger partial charge in [-0.15, -0.1) is 0 Å². The van der Waals surface area contributed by atoms with Crippen LogP contribution in [0.25, 0.3) is 0 Å². The molecule has 0 N–H and O–H groups in total. The van der Waals surface area contributed by atoms with Crippen molar-refractivity contribution in [2.45, 2.75) is 19.4 Å². The highest BCUT2D eigenvalue weighted by Crippen LogP contribution is 2.44. The molecule has 1 unspecified atom stereocenters. The third-order valence-corrected chi connectivity index (χ3v) is 5.92. The van der Waals surface area contributed by atoms with Gasteiger partial charge in [0.15, 0.2) is 0 Å². The third-order valence-electron chi connectivity index (χ3n) is 5.19. The van der Waals surface area contributed by atoms with Crippen LogP contribution in [0, 0.1) is 11.3 Å². The molecule has 2 aliphatic heterocycles. The van der Waals surface area contributed by atoms with E-state index in [1.165, 1.54) is 44.6 Å². The van der Waals surface area contributed by atoms with Crippen LogP contribution in [0.2, 0.25) is 0 Å². The second-order valence-corrected chi connectivity index (χ2v) is 7.40. The molecule has 20 heavy (non-hydrogen) atoms. The first-order valence-electron chi connectivity index (χ1n) is 7.63. The van der Waals surface area contributed by atoms with Gasteiger partial charge in [-0.05, 0) is 60.8 Å². The summed E-state index contributed by atoms with van der Waals surface area (Å²) in [6.45, 7) is 7.00. The highest BCUT2D eigenvalue weighted by molar-refractivity contribution is 7.07. The number of piperidine rings is 1. The fourth-order valence-corrected chi connectivity index (χ4v) is 4.76. The summed E-state index contributed by atoms with van der Waals surface area (Å²) in [7, 11) is 4.10. The minimum atomic E-state index is 0.510. The first-order valence-corrected chi connectivity index (χ1v) is 8.57. The van der Waals surface area contributed by atoms with Crippen LogP contribution in [0.1, 0.15) is 18.4 Å². The van der Waals surface area contributed by atoms with E-state index >= 15 is 0 Å². The zero-order valence-corrected chi connectivity index (χ0v) is 13.5. The molecule has 2 saturated heterocycles. The molecule has 0 saturated carbocycles. The smallest absolute Gasteiger partial charge is 0.0508 e. The third kappa shape index (κ3) is 2.93. The van der Waals surface area contributed by atoms with Crippen molar-refractivity contribution in [2.75, 3.05) is 46.9 Å². The summed E-state index contributed by atoms with van der Waals surface area (Å²) >= 11 is 1.80. The quantitative estimate of drug-likeness (QED) is 0.849. The minimum absolute atomic E-state index is 0.510. The molecule has 0 radical (unpaired) electrons. The number of methoxy groups -OCH3 is 1. The maximum absolute atomic E-state index is 5.47. The van der Waals surface area contributed by atoms with E-state index in [-0.39, 0.29) is 0 Å². The lowest BCUT2D eigenvalue weighted by Crippen LogP contribution is -2.44. The highest BCUT2D eigenvalue weighted by atomic mass is 32.1. The normalized spacial score (nSPS) is 27.4. The van der Waals surface area contributed by atoms with Gasteiger partial charge in [-0.1, -0.05) is 0 Å². The Morgan fingerprint density at radius 1 is 1.40 bits per heavy atom. The fraction of sp³-hybridized carbons (Fsp3) is 0.750. The van der Waals surface area contributed by atoms with Gasteiger partial charge in [-0.25, -0.2) is 0 Å². The Morgan fingerprint density at radius 3 is 2.85 bits per heavy atom. The van der Waals surface area contributed by atoms with Crippen LogP contribution >= 0.6 is 11.3 Å². The molecule has 3 heterocycles. The van der Waals surface area contributed by atoms with E-state index < -0.39 is 0 Å². The van der Waals surface area contributed by atoms with Gasteiger partial charge in [0, 0.05) is 32.7 Å². The van der Waals surface area contributed by atoms with Crippen LogP contribution in [-0.4, -0.2) is 56.7 Å². The van der Waals surface area contributed by atoms with Crippen molar-refractivity contribution in [1.82, 2.24) is 9.80 Å². The Labute approximate surface area is 126 Å². The number of nitrogens with zero attached hydrogens (tertiary/aromatic N) is 2. The summed E-state index contributed by atoms with van der Waals surface area (Å²) in [6, 6.07) is 2.26. The fourth-order valence-electron chi connectivity index (χ4n) is 4.10. The molecule has 0 amide bonds. The van der Waals surface area contributed by atoms with Gasteiger partial charge in [0.25, 0.3) is 0 Å². The molecule has 1 aromatic heterocycles. The van der Waals surface area contributed by atoms with Crippen LogP contribution in [0.5, 0.6) is 0 Å². The Bertz CT molecular complexity index is 412. The van der Waals surface area contributed by atoms with E-state index in [0.29, 0.717) is 5.41 Å². The van der Waals surface area contributed by atoms with Gasteiger partial charge in [0.2, 0.25) is 0 Å². The molecule has 3 rings (SSSR count). The van der Waals surface area contributed by atoms with E-state index in [1.807, 2.05) is 7.11 Å². The molecule has 2 aliphatic rings. The molecule has 1 spiro atoms. The van der Waals surface area contributed by atoms with E-state index in [9.17, 15) is 0 Å². The Morgan fingerprint density at radius 2 is 2.20 bits per heavy atom. The van der Waals surface area contributed by atoms with Crippen molar-refractivity contribution >= 4 is 11.3 Å². The second-order valence-electron chi connectivity index (χ2n) is 6.62. The average molecular weight is 294 g/mol. The van der Waals surface area contributed by atoms with E-state index in [0.717, 1.165) is 19.1 Å². The predicted octanol–water partition coefficient (Wildman–Crippen LogP) is 2.54. The predicted molar refractivity (Wildman–Crippen MR) is 84.1 cm³/mol. The maximum Gasteiger partial charge on any atom is 0.0508 e. The molecule has 112 valence electrons. The van der Waals surface area contributed by atoms with Gasteiger partial charge in [-0.2, -0.15) is 11.3 Å². The van der Waals surface area contributed by atoms with Crippen molar-refractivity contribution in [3.63, 3.8) is 0 Å². The number of hydrogen-bond acceptors (Lipinski definition) is 4. The minimum Gasteiger partial charge on any atom is -0.384 e.